The highest BCUT2D eigenvalue weighted by Gasteiger charge is 2.31. The smallest absolute Gasteiger partial charge is 0.337 e. The summed E-state index contributed by atoms with van der Waals surface area (Å²) in [6, 6.07) is 3.76. The Balaban J connectivity index is 2.32. The van der Waals surface area contributed by atoms with Gasteiger partial charge in [-0.3, -0.25) is 0 Å². The van der Waals surface area contributed by atoms with Crippen molar-refractivity contribution in [3.8, 4) is 0 Å². The summed E-state index contributed by atoms with van der Waals surface area (Å²) in [7, 11) is -3.63. The predicted molar refractivity (Wildman–Crippen MR) is 80.2 cm³/mol. The molecule has 1 N–H and O–H groups in total. The number of carbonyl (C=O) groups is 1. The van der Waals surface area contributed by atoms with Crippen molar-refractivity contribution in [2.24, 2.45) is 5.92 Å². The molecule has 0 heterocycles. The molecule has 1 aromatic rings. The molecule has 1 fully saturated rings. The van der Waals surface area contributed by atoms with Crippen LogP contribution in [0.15, 0.2) is 23.1 Å². The van der Waals surface area contributed by atoms with Crippen molar-refractivity contribution >= 4 is 27.6 Å². The van der Waals surface area contributed by atoms with Crippen molar-refractivity contribution in [3.05, 3.63) is 28.8 Å². The van der Waals surface area contributed by atoms with E-state index in [1.54, 1.807) is 0 Å². The maximum atomic E-state index is 12.6. The van der Waals surface area contributed by atoms with Crippen LogP contribution < -0.4 is 0 Å². The number of halogens is 1. The van der Waals surface area contributed by atoms with Crippen LogP contribution in [0, 0.1) is 5.92 Å². The highest BCUT2D eigenvalue weighted by molar-refractivity contribution is 7.89. The van der Waals surface area contributed by atoms with Gasteiger partial charge in [0.2, 0.25) is 10.0 Å². The first-order valence-electron chi connectivity index (χ1n) is 6.89. The summed E-state index contributed by atoms with van der Waals surface area (Å²) in [5.41, 5.74) is -0.0974. The van der Waals surface area contributed by atoms with Crippen LogP contribution in [-0.4, -0.2) is 36.9 Å². The van der Waals surface area contributed by atoms with E-state index in [1.807, 2.05) is 6.92 Å². The van der Waals surface area contributed by atoms with Crippen molar-refractivity contribution in [1.29, 1.82) is 0 Å². The Kier molecular flexibility index (Phi) is 4.91. The molecule has 0 amide bonds. The lowest BCUT2D eigenvalue weighted by Crippen LogP contribution is -2.33. The minimum Gasteiger partial charge on any atom is -0.478 e. The first-order chi connectivity index (χ1) is 9.86. The summed E-state index contributed by atoms with van der Waals surface area (Å²) in [6.07, 6.45) is 2.86. The maximum Gasteiger partial charge on any atom is 0.337 e. The lowest BCUT2D eigenvalue weighted by molar-refractivity contribution is 0.0697. The van der Waals surface area contributed by atoms with E-state index in [1.165, 1.54) is 22.5 Å². The molecule has 0 radical (unpaired) electrons. The average Bonchev–Trinajstić information content (AvgIpc) is 3.21. The van der Waals surface area contributed by atoms with E-state index in [0.717, 1.165) is 19.3 Å². The van der Waals surface area contributed by atoms with E-state index in [4.69, 9.17) is 16.7 Å². The Bertz CT molecular complexity index is 640. The molecular formula is C14H18ClNO4S. The van der Waals surface area contributed by atoms with E-state index in [0.29, 0.717) is 19.0 Å². The number of rotatable bonds is 7. The van der Waals surface area contributed by atoms with Gasteiger partial charge in [-0.2, -0.15) is 4.31 Å². The topological polar surface area (TPSA) is 74.7 Å². The highest BCUT2D eigenvalue weighted by atomic mass is 35.5. The quantitative estimate of drug-likeness (QED) is 0.833. The molecule has 1 aliphatic carbocycles. The Hall–Kier alpha value is -1.11. The normalized spacial score (nSPS) is 15.4. The second-order valence-corrected chi connectivity index (χ2v) is 7.60. The molecule has 116 valence electrons. The summed E-state index contributed by atoms with van der Waals surface area (Å²) < 4.78 is 26.7. The fourth-order valence-corrected chi connectivity index (χ4v) is 4.09. The molecule has 0 atom stereocenters. The molecule has 1 saturated carbocycles. The van der Waals surface area contributed by atoms with Gasteiger partial charge in [0.05, 0.1) is 15.5 Å². The zero-order chi connectivity index (χ0) is 15.6. The second kappa shape index (κ2) is 6.34. The first kappa shape index (κ1) is 16.3. The predicted octanol–water partition coefficient (Wildman–Crippen LogP) is 2.85. The molecule has 0 aliphatic heterocycles. The van der Waals surface area contributed by atoms with E-state index in [2.05, 4.69) is 0 Å². The third-order valence-corrected chi connectivity index (χ3v) is 5.61. The van der Waals surface area contributed by atoms with Crippen molar-refractivity contribution < 1.29 is 18.3 Å². The van der Waals surface area contributed by atoms with Crippen LogP contribution in [0.1, 0.15) is 36.5 Å². The molecule has 5 nitrogen and oxygen atoms in total. The van der Waals surface area contributed by atoms with Crippen molar-refractivity contribution in [1.82, 2.24) is 4.31 Å². The van der Waals surface area contributed by atoms with Crippen LogP contribution in [0.4, 0.5) is 0 Å². The van der Waals surface area contributed by atoms with Gasteiger partial charge >= 0.3 is 5.97 Å². The second-order valence-electron chi connectivity index (χ2n) is 5.25. The van der Waals surface area contributed by atoms with Gasteiger partial charge in [0.15, 0.2) is 0 Å². The maximum absolute atomic E-state index is 12.6. The van der Waals surface area contributed by atoms with Gasteiger partial charge in [0, 0.05) is 13.1 Å². The lowest BCUT2D eigenvalue weighted by atomic mass is 10.2. The Labute approximate surface area is 129 Å². The standard InChI is InChI=1S/C14H18ClNO4S/c1-2-7-16(9-10-3-4-10)21(19,20)11-5-6-12(14(17)18)13(15)8-11/h5-6,8,10H,2-4,7,9H2,1H3,(H,17,18). The third kappa shape index (κ3) is 3.75. The summed E-state index contributed by atoms with van der Waals surface area (Å²) in [4.78, 5) is 11.0. The van der Waals surface area contributed by atoms with Crippen LogP contribution in [0.3, 0.4) is 0 Å². The minimum atomic E-state index is -3.63. The van der Waals surface area contributed by atoms with Crippen molar-refractivity contribution in [2.45, 2.75) is 31.1 Å². The Morgan fingerprint density at radius 3 is 2.57 bits per heavy atom. The number of carboxylic acid groups (broad SMARTS) is 1. The summed E-state index contributed by atoms with van der Waals surface area (Å²) in [5, 5.41) is 8.87. The molecular weight excluding hydrogens is 314 g/mol. The highest BCUT2D eigenvalue weighted by Crippen LogP contribution is 2.32. The molecule has 2 rings (SSSR count). The number of nitrogens with zero attached hydrogens (tertiary/aromatic N) is 1. The number of aromatic carboxylic acids is 1. The molecule has 7 heteroatoms. The molecule has 1 aliphatic rings. The zero-order valence-electron chi connectivity index (χ0n) is 11.8. The summed E-state index contributed by atoms with van der Waals surface area (Å²) in [6.45, 7) is 2.90. The Morgan fingerprint density at radius 2 is 2.10 bits per heavy atom. The van der Waals surface area contributed by atoms with Gasteiger partial charge in [-0.15, -0.1) is 0 Å². The van der Waals surface area contributed by atoms with E-state index in [9.17, 15) is 13.2 Å². The number of benzene rings is 1. The fraction of sp³-hybridized carbons (Fsp3) is 0.500. The molecule has 0 bridgehead atoms. The molecule has 0 saturated heterocycles. The van der Waals surface area contributed by atoms with Gasteiger partial charge in [-0.05, 0) is 43.4 Å². The van der Waals surface area contributed by atoms with E-state index in [-0.39, 0.29) is 15.5 Å². The van der Waals surface area contributed by atoms with E-state index >= 15 is 0 Å². The third-order valence-electron chi connectivity index (χ3n) is 3.44. The average molecular weight is 332 g/mol. The molecule has 0 aromatic heterocycles. The van der Waals surface area contributed by atoms with Crippen molar-refractivity contribution in [2.75, 3.05) is 13.1 Å². The summed E-state index contributed by atoms with van der Waals surface area (Å²) in [5.74, 6) is -0.729. The number of carboxylic acids is 1. The van der Waals surface area contributed by atoms with Crippen LogP contribution in [-0.2, 0) is 10.0 Å². The van der Waals surface area contributed by atoms with Crippen LogP contribution in [0.25, 0.3) is 0 Å². The fourth-order valence-electron chi connectivity index (χ4n) is 2.13. The number of sulfonamides is 1. The Morgan fingerprint density at radius 1 is 1.43 bits per heavy atom. The van der Waals surface area contributed by atoms with E-state index < -0.39 is 16.0 Å². The largest absolute Gasteiger partial charge is 0.478 e. The van der Waals surface area contributed by atoms with Crippen LogP contribution >= 0.6 is 11.6 Å². The molecule has 21 heavy (non-hydrogen) atoms. The van der Waals surface area contributed by atoms with Crippen LogP contribution in [0.5, 0.6) is 0 Å². The monoisotopic (exact) mass is 331 g/mol. The SMILES string of the molecule is CCCN(CC1CC1)S(=O)(=O)c1ccc(C(=O)O)c(Cl)c1. The summed E-state index contributed by atoms with van der Waals surface area (Å²) >= 11 is 5.87. The first-order valence-corrected chi connectivity index (χ1v) is 8.71. The number of hydrogen-bond donors (Lipinski definition) is 1. The molecule has 0 unspecified atom stereocenters. The van der Waals surface area contributed by atoms with Gasteiger partial charge in [-0.1, -0.05) is 18.5 Å². The van der Waals surface area contributed by atoms with Gasteiger partial charge in [-0.25, -0.2) is 13.2 Å². The molecule has 0 spiro atoms. The van der Waals surface area contributed by atoms with Crippen LogP contribution in [0.2, 0.25) is 5.02 Å². The zero-order valence-corrected chi connectivity index (χ0v) is 13.3. The van der Waals surface area contributed by atoms with Crippen molar-refractivity contribution in [3.63, 3.8) is 0 Å². The van der Waals surface area contributed by atoms with Gasteiger partial charge < -0.3 is 5.11 Å². The molecule has 1 aromatic carbocycles. The van der Waals surface area contributed by atoms with Gasteiger partial charge in [0.1, 0.15) is 0 Å². The van der Waals surface area contributed by atoms with Gasteiger partial charge in [0.25, 0.3) is 0 Å². The lowest BCUT2D eigenvalue weighted by Gasteiger charge is -2.21. The minimum absolute atomic E-state index is 0.0478. The number of hydrogen-bond acceptors (Lipinski definition) is 3.